The molecule has 0 saturated heterocycles. The molecule has 0 N–H and O–H groups in total. The van der Waals surface area contributed by atoms with Crippen molar-refractivity contribution in [3.05, 3.63) is 65.4 Å². The molecule has 1 atom stereocenters. The quantitative estimate of drug-likeness (QED) is 0.389. The standard InChI is InChI=1S/C20H18ClN5OS/c1-3-26-19(16-9-4-5-10-22-16)23-24-20(26)28-13(2)17-12-18(27-25-17)14-7-6-8-15(21)11-14/h4-13H,3H2,1-2H3. The maximum Gasteiger partial charge on any atom is 0.192 e. The molecule has 8 heteroatoms. The van der Waals surface area contributed by atoms with Crippen LogP contribution in [-0.2, 0) is 6.54 Å². The fourth-order valence-electron chi connectivity index (χ4n) is 2.82. The smallest absolute Gasteiger partial charge is 0.192 e. The van der Waals surface area contributed by atoms with Crippen LogP contribution in [0.2, 0.25) is 5.02 Å². The molecule has 0 spiro atoms. The SMILES string of the molecule is CCn1c(SC(C)c2cc(-c3cccc(Cl)c3)on2)nnc1-c1ccccn1. The topological polar surface area (TPSA) is 69.6 Å². The molecular formula is C20H18ClN5OS. The third kappa shape index (κ3) is 3.81. The fourth-order valence-corrected chi connectivity index (χ4v) is 3.99. The minimum atomic E-state index is 0.0442. The monoisotopic (exact) mass is 411 g/mol. The van der Waals surface area contributed by atoms with Crippen LogP contribution in [0.3, 0.4) is 0 Å². The van der Waals surface area contributed by atoms with E-state index in [2.05, 4.69) is 38.8 Å². The number of pyridine rings is 1. The molecule has 28 heavy (non-hydrogen) atoms. The van der Waals surface area contributed by atoms with Crippen LogP contribution in [-0.4, -0.2) is 24.9 Å². The van der Waals surface area contributed by atoms with Crippen molar-refractivity contribution in [2.45, 2.75) is 30.8 Å². The first kappa shape index (κ1) is 18.7. The van der Waals surface area contributed by atoms with Crippen molar-refractivity contribution in [3.63, 3.8) is 0 Å². The molecule has 1 aromatic carbocycles. The van der Waals surface area contributed by atoms with Crippen molar-refractivity contribution in [3.8, 4) is 22.8 Å². The summed E-state index contributed by atoms with van der Waals surface area (Å²) in [4.78, 5) is 4.38. The predicted octanol–water partition coefficient (Wildman–Crippen LogP) is 5.52. The van der Waals surface area contributed by atoms with Crippen LogP contribution in [0.5, 0.6) is 0 Å². The molecule has 0 bridgehead atoms. The summed E-state index contributed by atoms with van der Waals surface area (Å²) in [7, 11) is 0. The Morgan fingerprint density at radius 3 is 2.79 bits per heavy atom. The molecule has 1 unspecified atom stereocenters. The summed E-state index contributed by atoms with van der Waals surface area (Å²) in [5.41, 5.74) is 2.55. The fraction of sp³-hybridized carbons (Fsp3) is 0.200. The highest BCUT2D eigenvalue weighted by atomic mass is 35.5. The number of halogens is 1. The summed E-state index contributed by atoms with van der Waals surface area (Å²) in [6.45, 7) is 4.89. The Morgan fingerprint density at radius 1 is 1.14 bits per heavy atom. The van der Waals surface area contributed by atoms with Gasteiger partial charge in [0, 0.05) is 29.4 Å². The highest BCUT2D eigenvalue weighted by molar-refractivity contribution is 7.99. The first-order valence-corrected chi connectivity index (χ1v) is 10.1. The van der Waals surface area contributed by atoms with E-state index in [9.17, 15) is 0 Å². The molecule has 0 fully saturated rings. The average molecular weight is 412 g/mol. The molecule has 6 nitrogen and oxygen atoms in total. The van der Waals surface area contributed by atoms with Crippen LogP contribution in [0.4, 0.5) is 0 Å². The van der Waals surface area contributed by atoms with E-state index in [1.165, 1.54) is 0 Å². The first-order chi connectivity index (χ1) is 13.7. The van der Waals surface area contributed by atoms with Gasteiger partial charge in [0.2, 0.25) is 0 Å². The average Bonchev–Trinajstić information content (AvgIpc) is 3.36. The summed E-state index contributed by atoms with van der Waals surface area (Å²) < 4.78 is 7.58. The summed E-state index contributed by atoms with van der Waals surface area (Å²) in [6, 6.07) is 15.2. The Bertz CT molecular complexity index is 1080. The lowest BCUT2D eigenvalue weighted by Gasteiger charge is -2.09. The molecular weight excluding hydrogens is 394 g/mol. The number of thioether (sulfide) groups is 1. The number of benzene rings is 1. The Balaban J connectivity index is 1.56. The normalized spacial score (nSPS) is 12.2. The van der Waals surface area contributed by atoms with E-state index in [-0.39, 0.29) is 5.25 Å². The maximum atomic E-state index is 6.07. The van der Waals surface area contributed by atoms with Gasteiger partial charge in [-0.25, -0.2) is 0 Å². The highest BCUT2D eigenvalue weighted by Crippen LogP contribution is 2.36. The number of rotatable bonds is 6. The Hall–Kier alpha value is -2.64. The van der Waals surface area contributed by atoms with E-state index in [1.54, 1.807) is 18.0 Å². The van der Waals surface area contributed by atoms with Crippen molar-refractivity contribution in [2.75, 3.05) is 0 Å². The zero-order valence-electron chi connectivity index (χ0n) is 15.4. The van der Waals surface area contributed by atoms with Crippen LogP contribution < -0.4 is 0 Å². The van der Waals surface area contributed by atoms with Crippen LogP contribution in [0, 0.1) is 0 Å². The minimum Gasteiger partial charge on any atom is -0.356 e. The summed E-state index contributed by atoms with van der Waals surface area (Å²) in [6.07, 6.45) is 1.76. The maximum absolute atomic E-state index is 6.07. The summed E-state index contributed by atoms with van der Waals surface area (Å²) >= 11 is 7.66. The van der Waals surface area contributed by atoms with Gasteiger partial charge < -0.3 is 9.09 Å². The van der Waals surface area contributed by atoms with Crippen LogP contribution in [0.25, 0.3) is 22.8 Å². The van der Waals surface area contributed by atoms with Crippen LogP contribution >= 0.6 is 23.4 Å². The summed E-state index contributed by atoms with van der Waals surface area (Å²) in [5, 5.41) is 14.5. The second-order valence-corrected chi connectivity index (χ2v) is 7.90. The number of hydrogen-bond donors (Lipinski definition) is 0. The zero-order chi connectivity index (χ0) is 19.5. The first-order valence-electron chi connectivity index (χ1n) is 8.89. The van der Waals surface area contributed by atoms with Gasteiger partial charge in [-0.1, -0.05) is 46.7 Å². The van der Waals surface area contributed by atoms with E-state index in [0.29, 0.717) is 10.8 Å². The van der Waals surface area contributed by atoms with Gasteiger partial charge in [0.1, 0.15) is 5.69 Å². The molecule has 3 heterocycles. The molecule has 0 aliphatic carbocycles. The van der Waals surface area contributed by atoms with Crippen molar-refractivity contribution in [1.82, 2.24) is 24.9 Å². The Morgan fingerprint density at radius 2 is 2.04 bits per heavy atom. The number of nitrogens with zero attached hydrogens (tertiary/aromatic N) is 5. The lowest BCUT2D eigenvalue weighted by molar-refractivity contribution is 0.424. The van der Waals surface area contributed by atoms with E-state index < -0.39 is 0 Å². The number of hydrogen-bond acceptors (Lipinski definition) is 6. The lowest BCUT2D eigenvalue weighted by Crippen LogP contribution is -2.01. The molecule has 0 radical (unpaired) electrons. The van der Waals surface area contributed by atoms with Gasteiger partial charge >= 0.3 is 0 Å². The third-order valence-electron chi connectivity index (χ3n) is 4.26. The van der Waals surface area contributed by atoms with Crippen molar-refractivity contribution >= 4 is 23.4 Å². The van der Waals surface area contributed by atoms with E-state index in [4.69, 9.17) is 16.1 Å². The molecule has 3 aromatic heterocycles. The third-order valence-corrected chi connectivity index (χ3v) is 5.61. The molecule has 0 saturated carbocycles. The van der Waals surface area contributed by atoms with Crippen LogP contribution in [0.1, 0.15) is 24.8 Å². The van der Waals surface area contributed by atoms with Gasteiger partial charge in [-0.15, -0.1) is 10.2 Å². The van der Waals surface area contributed by atoms with E-state index >= 15 is 0 Å². The van der Waals surface area contributed by atoms with Gasteiger partial charge in [0.05, 0.1) is 10.9 Å². The van der Waals surface area contributed by atoms with Gasteiger partial charge in [-0.2, -0.15) is 0 Å². The largest absolute Gasteiger partial charge is 0.356 e. The second-order valence-electron chi connectivity index (χ2n) is 6.15. The molecule has 0 aliphatic rings. The summed E-state index contributed by atoms with van der Waals surface area (Å²) in [5.74, 6) is 1.45. The lowest BCUT2D eigenvalue weighted by atomic mass is 10.1. The predicted molar refractivity (Wildman–Crippen MR) is 110 cm³/mol. The van der Waals surface area contributed by atoms with Crippen molar-refractivity contribution in [1.29, 1.82) is 0 Å². The van der Waals surface area contributed by atoms with Crippen LogP contribution in [0.15, 0.2) is 64.4 Å². The number of aromatic nitrogens is 5. The Kier molecular flexibility index (Phi) is 5.45. The molecule has 0 aliphatic heterocycles. The van der Waals surface area contributed by atoms with Gasteiger partial charge in [0.15, 0.2) is 16.7 Å². The molecule has 4 aromatic rings. The van der Waals surface area contributed by atoms with E-state index in [0.717, 1.165) is 34.5 Å². The second kappa shape index (κ2) is 8.16. The Labute approximate surface area is 172 Å². The van der Waals surface area contributed by atoms with E-state index in [1.807, 2.05) is 48.5 Å². The highest BCUT2D eigenvalue weighted by Gasteiger charge is 2.20. The zero-order valence-corrected chi connectivity index (χ0v) is 17.0. The molecule has 0 amide bonds. The van der Waals surface area contributed by atoms with Gasteiger partial charge in [-0.05, 0) is 38.1 Å². The van der Waals surface area contributed by atoms with Gasteiger partial charge in [-0.3, -0.25) is 4.98 Å². The molecule has 142 valence electrons. The molecule has 4 rings (SSSR count). The minimum absolute atomic E-state index is 0.0442. The van der Waals surface area contributed by atoms with Crippen molar-refractivity contribution in [2.24, 2.45) is 0 Å². The van der Waals surface area contributed by atoms with Gasteiger partial charge in [0.25, 0.3) is 0 Å². The van der Waals surface area contributed by atoms with Crippen molar-refractivity contribution < 1.29 is 4.52 Å².